The largest absolute Gasteiger partial charge is 0.383 e. The lowest BCUT2D eigenvalue weighted by molar-refractivity contribution is -0.106. The normalized spacial score (nSPS) is 18.6. The minimum atomic E-state index is 0.357. The van der Waals surface area contributed by atoms with Crippen molar-refractivity contribution in [3.05, 3.63) is 24.5 Å². The summed E-state index contributed by atoms with van der Waals surface area (Å²) in [5, 5.41) is 3.40. The Hall–Kier alpha value is -1.09. The van der Waals surface area contributed by atoms with Gasteiger partial charge in [0, 0.05) is 24.4 Å². The summed E-state index contributed by atoms with van der Waals surface area (Å²) in [6.07, 6.45) is 4.80. The number of hydrogen-bond donors (Lipinski definition) is 1. The molecule has 1 N–H and O–H groups in total. The standard InChI is InChI=1S/C11H16N2O/c1-2-11(8-14-9-11)7-13-10-4-3-5-12-6-10/h3-6,13H,2,7-9H2,1H3. The van der Waals surface area contributed by atoms with Gasteiger partial charge >= 0.3 is 0 Å². The molecule has 1 aromatic heterocycles. The average Bonchev–Trinajstić information content (AvgIpc) is 2.19. The maximum absolute atomic E-state index is 5.26. The monoisotopic (exact) mass is 192 g/mol. The predicted molar refractivity (Wildman–Crippen MR) is 56.3 cm³/mol. The van der Waals surface area contributed by atoms with Crippen molar-refractivity contribution >= 4 is 5.69 Å². The molecule has 0 saturated carbocycles. The van der Waals surface area contributed by atoms with Crippen molar-refractivity contribution in [3.8, 4) is 0 Å². The molecule has 0 unspecified atom stereocenters. The molecule has 0 aromatic carbocycles. The smallest absolute Gasteiger partial charge is 0.0561 e. The van der Waals surface area contributed by atoms with E-state index in [2.05, 4.69) is 17.2 Å². The summed E-state index contributed by atoms with van der Waals surface area (Å²) in [6.45, 7) is 4.97. The summed E-state index contributed by atoms with van der Waals surface area (Å²) >= 11 is 0. The molecule has 1 aliphatic heterocycles. The Balaban J connectivity index is 1.88. The quantitative estimate of drug-likeness (QED) is 0.791. The zero-order valence-electron chi connectivity index (χ0n) is 8.49. The van der Waals surface area contributed by atoms with E-state index < -0.39 is 0 Å². The minimum Gasteiger partial charge on any atom is -0.383 e. The molecule has 0 bridgehead atoms. The molecular weight excluding hydrogens is 176 g/mol. The van der Waals surface area contributed by atoms with Crippen LogP contribution in [0.2, 0.25) is 0 Å². The third-order valence-electron chi connectivity index (χ3n) is 2.90. The zero-order chi connectivity index (χ0) is 9.86. The lowest BCUT2D eigenvalue weighted by Gasteiger charge is -2.41. The third-order valence-corrected chi connectivity index (χ3v) is 2.90. The first-order valence-electron chi connectivity index (χ1n) is 5.06. The van der Waals surface area contributed by atoms with Gasteiger partial charge in [-0.15, -0.1) is 0 Å². The SMILES string of the molecule is CCC1(CNc2cccnc2)COC1. The molecule has 0 spiro atoms. The highest BCUT2D eigenvalue weighted by Crippen LogP contribution is 2.31. The van der Waals surface area contributed by atoms with E-state index in [4.69, 9.17) is 4.74 Å². The number of aromatic nitrogens is 1. The van der Waals surface area contributed by atoms with Crippen LogP contribution in [0.1, 0.15) is 13.3 Å². The Labute approximate surface area is 84.5 Å². The van der Waals surface area contributed by atoms with E-state index in [1.807, 2.05) is 18.3 Å². The van der Waals surface area contributed by atoms with Gasteiger partial charge in [0.15, 0.2) is 0 Å². The molecule has 3 nitrogen and oxygen atoms in total. The molecule has 0 amide bonds. The summed E-state index contributed by atoms with van der Waals surface area (Å²) in [5.41, 5.74) is 1.45. The van der Waals surface area contributed by atoms with Gasteiger partial charge in [0.1, 0.15) is 0 Å². The zero-order valence-corrected chi connectivity index (χ0v) is 8.49. The number of anilines is 1. The number of hydrogen-bond acceptors (Lipinski definition) is 3. The Morgan fingerprint density at radius 3 is 2.93 bits per heavy atom. The van der Waals surface area contributed by atoms with Gasteiger partial charge in [-0.3, -0.25) is 4.98 Å². The second-order valence-corrected chi connectivity index (χ2v) is 3.94. The van der Waals surface area contributed by atoms with Crippen LogP contribution in [0.3, 0.4) is 0 Å². The van der Waals surface area contributed by atoms with Crippen molar-refractivity contribution in [1.82, 2.24) is 4.98 Å². The van der Waals surface area contributed by atoms with Gasteiger partial charge in [0.2, 0.25) is 0 Å². The molecule has 0 atom stereocenters. The number of ether oxygens (including phenoxy) is 1. The second-order valence-electron chi connectivity index (χ2n) is 3.94. The fraction of sp³-hybridized carbons (Fsp3) is 0.545. The van der Waals surface area contributed by atoms with E-state index in [0.29, 0.717) is 5.41 Å². The van der Waals surface area contributed by atoms with Crippen molar-refractivity contribution in [2.24, 2.45) is 5.41 Å². The van der Waals surface area contributed by atoms with Crippen LogP contribution in [0.5, 0.6) is 0 Å². The molecule has 0 aliphatic carbocycles. The van der Waals surface area contributed by atoms with Crippen LogP contribution in [0.15, 0.2) is 24.5 Å². The van der Waals surface area contributed by atoms with Crippen molar-refractivity contribution in [3.63, 3.8) is 0 Å². The predicted octanol–water partition coefficient (Wildman–Crippen LogP) is 1.92. The summed E-state index contributed by atoms with van der Waals surface area (Å²) in [4.78, 5) is 4.06. The lowest BCUT2D eigenvalue weighted by Crippen LogP contribution is -2.47. The summed E-state index contributed by atoms with van der Waals surface area (Å²) in [6, 6.07) is 3.98. The lowest BCUT2D eigenvalue weighted by atomic mass is 9.83. The summed E-state index contributed by atoms with van der Waals surface area (Å²) in [5.74, 6) is 0. The van der Waals surface area contributed by atoms with Crippen molar-refractivity contribution < 1.29 is 4.74 Å². The molecule has 1 fully saturated rings. The topological polar surface area (TPSA) is 34.2 Å². The van der Waals surface area contributed by atoms with E-state index in [1.54, 1.807) is 6.20 Å². The first-order chi connectivity index (χ1) is 6.85. The molecule has 1 aliphatic rings. The molecule has 14 heavy (non-hydrogen) atoms. The van der Waals surface area contributed by atoms with Crippen LogP contribution >= 0.6 is 0 Å². The highest BCUT2D eigenvalue weighted by molar-refractivity contribution is 5.39. The average molecular weight is 192 g/mol. The van der Waals surface area contributed by atoms with Gasteiger partial charge in [-0.05, 0) is 18.6 Å². The highest BCUT2D eigenvalue weighted by atomic mass is 16.5. The fourth-order valence-corrected chi connectivity index (χ4v) is 1.58. The molecule has 3 heteroatoms. The van der Waals surface area contributed by atoms with E-state index in [9.17, 15) is 0 Å². The third kappa shape index (κ3) is 1.87. The first-order valence-corrected chi connectivity index (χ1v) is 5.06. The van der Waals surface area contributed by atoms with Crippen LogP contribution in [-0.4, -0.2) is 24.7 Å². The van der Waals surface area contributed by atoms with Crippen molar-refractivity contribution in [2.75, 3.05) is 25.1 Å². The Morgan fingerprint density at radius 1 is 1.57 bits per heavy atom. The van der Waals surface area contributed by atoms with Crippen molar-refractivity contribution in [1.29, 1.82) is 0 Å². The van der Waals surface area contributed by atoms with E-state index in [0.717, 1.165) is 25.4 Å². The van der Waals surface area contributed by atoms with Crippen LogP contribution in [0.25, 0.3) is 0 Å². The maximum Gasteiger partial charge on any atom is 0.0561 e. The van der Waals surface area contributed by atoms with E-state index in [1.165, 1.54) is 6.42 Å². The molecule has 0 radical (unpaired) electrons. The highest BCUT2D eigenvalue weighted by Gasteiger charge is 2.36. The van der Waals surface area contributed by atoms with Crippen LogP contribution in [0.4, 0.5) is 5.69 Å². The van der Waals surface area contributed by atoms with Gasteiger partial charge in [-0.1, -0.05) is 6.92 Å². The number of rotatable bonds is 4. The Kier molecular flexibility index (Phi) is 2.68. The van der Waals surface area contributed by atoms with Crippen LogP contribution in [0, 0.1) is 5.41 Å². The minimum absolute atomic E-state index is 0.357. The molecule has 1 aromatic rings. The molecule has 76 valence electrons. The second kappa shape index (κ2) is 3.96. The van der Waals surface area contributed by atoms with Crippen LogP contribution in [-0.2, 0) is 4.74 Å². The Morgan fingerprint density at radius 2 is 2.43 bits per heavy atom. The van der Waals surface area contributed by atoms with Gasteiger partial charge in [0.05, 0.1) is 18.9 Å². The van der Waals surface area contributed by atoms with Gasteiger partial charge in [-0.2, -0.15) is 0 Å². The van der Waals surface area contributed by atoms with E-state index >= 15 is 0 Å². The van der Waals surface area contributed by atoms with Crippen LogP contribution < -0.4 is 5.32 Å². The van der Waals surface area contributed by atoms with Gasteiger partial charge < -0.3 is 10.1 Å². The number of pyridine rings is 1. The van der Waals surface area contributed by atoms with Gasteiger partial charge in [0.25, 0.3) is 0 Å². The maximum atomic E-state index is 5.26. The summed E-state index contributed by atoms with van der Waals surface area (Å²) in [7, 11) is 0. The molecule has 1 saturated heterocycles. The number of nitrogens with one attached hydrogen (secondary N) is 1. The number of nitrogens with zero attached hydrogens (tertiary/aromatic N) is 1. The molecular formula is C11H16N2O. The first kappa shape index (κ1) is 9.46. The molecule has 2 rings (SSSR count). The fourth-order valence-electron chi connectivity index (χ4n) is 1.58. The van der Waals surface area contributed by atoms with Gasteiger partial charge in [-0.25, -0.2) is 0 Å². The molecule has 2 heterocycles. The summed E-state index contributed by atoms with van der Waals surface area (Å²) < 4.78 is 5.26. The Bertz CT molecular complexity index is 277. The van der Waals surface area contributed by atoms with Crippen molar-refractivity contribution in [2.45, 2.75) is 13.3 Å². The van der Waals surface area contributed by atoms with E-state index in [-0.39, 0.29) is 0 Å².